The molecule has 0 aromatic heterocycles. The summed E-state index contributed by atoms with van der Waals surface area (Å²) in [6, 6.07) is 0.418. The minimum absolute atomic E-state index is 0.0577. The molecule has 1 saturated heterocycles. The summed E-state index contributed by atoms with van der Waals surface area (Å²) in [6.45, 7) is 5.59. The van der Waals surface area contributed by atoms with E-state index in [9.17, 15) is 4.79 Å². The van der Waals surface area contributed by atoms with E-state index in [1.54, 1.807) is 0 Å². The molecule has 0 aromatic rings. The van der Waals surface area contributed by atoms with Crippen LogP contribution in [0.5, 0.6) is 0 Å². The highest BCUT2D eigenvalue weighted by molar-refractivity contribution is 5.77. The van der Waals surface area contributed by atoms with Gasteiger partial charge in [0.1, 0.15) is 0 Å². The molecule has 0 bridgehead atoms. The number of nitrogens with one attached hydrogen (secondary N) is 2. The number of carbonyl (C=O) groups is 1. The van der Waals surface area contributed by atoms with Crippen LogP contribution in [0, 0.1) is 5.92 Å². The van der Waals surface area contributed by atoms with E-state index in [4.69, 9.17) is 0 Å². The van der Waals surface area contributed by atoms with Crippen molar-refractivity contribution < 1.29 is 4.79 Å². The highest BCUT2D eigenvalue weighted by Crippen LogP contribution is 2.31. The Morgan fingerprint density at radius 2 is 2.06 bits per heavy atom. The lowest BCUT2D eigenvalue weighted by Gasteiger charge is -2.37. The maximum Gasteiger partial charge on any atom is 0.221 e. The molecular formula is C14H26N2O. The van der Waals surface area contributed by atoms with Crippen molar-refractivity contribution in [1.82, 2.24) is 10.6 Å². The molecule has 1 saturated carbocycles. The molecule has 1 aliphatic heterocycles. The van der Waals surface area contributed by atoms with Crippen molar-refractivity contribution in [3.63, 3.8) is 0 Å². The van der Waals surface area contributed by atoms with Gasteiger partial charge >= 0.3 is 0 Å². The minimum atomic E-state index is 0.0577. The first-order chi connectivity index (χ1) is 8.07. The predicted octanol–water partition coefficient (Wildman–Crippen LogP) is 2.21. The van der Waals surface area contributed by atoms with Crippen LogP contribution in [0.1, 0.15) is 58.8 Å². The molecule has 0 radical (unpaired) electrons. The number of carbonyl (C=O) groups excluding carboxylic acids is 1. The molecular weight excluding hydrogens is 212 g/mol. The number of hydrogen-bond acceptors (Lipinski definition) is 2. The van der Waals surface area contributed by atoms with Crippen LogP contribution in [0.25, 0.3) is 0 Å². The van der Waals surface area contributed by atoms with E-state index in [1.807, 2.05) is 0 Å². The van der Waals surface area contributed by atoms with Gasteiger partial charge in [-0.2, -0.15) is 0 Å². The standard InChI is InChI=1S/C14H26N2O/c1-11-5-7-14(2,8-6-11)16-13(17)10-12-4-3-9-15-12/h11-12,15H,3-10H2,1-2H3,(H,16,17). The Balaban J connectivity index is 1.77. The van der Waals surface area contributed by atoms with Crippen LogP contribution in [0.2, 0.25) is 0 Å². The van der Waals surface area contributed by atoms with Gasteiger partial charge < -0.3 is 10.6 Å². The monoisotopic (exact) mass is 238 g/mol. The van der Waals surface area contributed by atoms with E-state index in [0.29, 0.717) is 12.5 Å². The van der Waals surface area contributed by atoms with E-state index < -0.39 is 0 Å². The molecule has 1 atom stereocenters. The Hall–Kier alpha value is -0.570. The molecule has 3 nitrogen and oxygen atoms in total. The van der Waals surface area contributed by atoms with Gasteiger partial charge in [0.15, 0.2) is 0 Å². The fourth-order valence-electron chi connectivity index (χ4n) is 3.07. The van der Waals surface area contributed by atoms with Gasteiger partial charge in [-0.25, -0.2) is 0 Å². The quantitative estimate of drug-likeness (QED) is 0.791. The van der Waals surface area contributed by atoms with E-state index in [1.165, 1.54) is 19.3 Å². The zero-order valence-corrected chi connectivity index (χ0v) is 11.2. The Labute approximate surface area is 105 Å². The highest BCUT2D eigenvalue weighted by atomic mass is 16.1. The van der Waals surface area contributed by atoms with Crippen molar-refractivity contribution in [1.29, 1.82) is 0 Å². The van der Waals surface area contributed by atoms with Gasteiger partial charge in [-0.05, 0) is 57.9 Å². The van der Waals surface area contributed by atoms with Crippen LogP contribution < -0.4 is 10.6 Å². The van der Waals surface area contributed by atoms with Gasteiger partial charge in [0.05, 0.1) is 0 Å². The van der Waals surface area contributed by atoms with Crippen LogP contribution in [-0.2, 0) is 4.79 Å². The third-order valence-electron chi connectivity index (χ3n) is 4.41. The summed E-state index contributed by atoms with van der Waals surface area (Å²) in [4.78, 5) is 12.0. The molecule has 1 amide bonds. The largest absolute Gasteiger partial charge is 0.351 e. The molecule has 17 heavy (non-hydrogen) atoms. The Morgan fingerprint density at radius 3 is 2.65 bits per heavy atom. The average Bonchev–Trinajstić information content (AvgIpc) is 2.75. The van der Waals surface area contributed by atoms with Gasteiger partial charge in [-0.1, -0.05) is 6.92 Å². The third-order valence-corrected chi connectivity index (χ3v) is 4.41. The van der Waals surface area contributed by atoms with Crippen LogP contribution >= 0.6 is 0 Å². The molecule has 2 fully saturated rings. The number of rotatable bonds is 3. The smallest absolute Gasteiger partial charge is 0.221 e. The Morgan fingerprint density at radius 1 is 1.35 bits per heavy atom. The Kier molecular flexibility index (Phi) is 4.08. The highest BCUT2D eigenvalue weighted by Gasteiger charge is 2.31. The van der Waals surface area contributed by atoms with Gasteiger partial charge in [-0.15, -0.1) is 0 Å². The van der Waals surface area contributed by atoms with Gasteiger partial charge in [0.2, 0.25) is 5.91 Å². The molecule has 0 spiro atoms. The lowest BCUT2D eigenvalue weighted by molar-refractivity contribution is -0.123. The number of amides is 1. The molecule has 98 valence electrons. The average molecular weight is 238 g/mol. The van der Waals surface area contributed by atoms with Crippen LogP contribution in [0.3, 0.4) is 0 Å². The second kappa shape index (κ2) is 5.38. The zero-order chi connectivity index (χ0) is 12.3. The molecule has 1 heterocycles. The summed E-state index contributed by atoms with van der Waals surface area (Å²) in [7, 11) is 0. The number of hydrogen-bond donors (Lipinski definition) is 2. The summed E-state index contributed by atoms with van der Waals surface area (Å²) in [5.41, 5.74) is 0.0577. The maximum absolute atomic E-state index is 12.0. The SMILES string of the molecule is CC1CCC(C)(NC(=O)CC2CCCN2)CC1. The van der Waals surface area contributed by atoms with Gasteiger partial charge in [0.25, 0.3) is 0 Å². The summed E-state index contributed by atoms with van der Waals surface area (Å²) in [5.74, 6) is 1.07. The first kappa shape index (κ1) is 12.9. The Bertz CT molecular complexity index is 263. The molecule has 1 unspecified atom stereocenters. The molecule has 1 aliphatic carbocycles. The molecule has 2 rings (SSSR count). The van der Waals surface area contributed by atoms with E-state index in [-0.39, 0.29) is 11.4 Å². The zero-order valence-electron chi connectivity index (χ0n) is 11.2. The lowest BCUT2D eigenvalue weighted by Crippen LogP contribution is -2.49. The maximum atomic E-state index is 12.0. The fraction of sp³-hybridized carbons (Fsp3) is 0.929. The van der Waals surface area contributed by atoms with Crippen molar-refractivity contribution in [2.75, 3.05) is 6.54 Å². The predicted molar refractivity (Wildman–Crippen MR) is 69.8 cm³/mol. The van der Waals surface area contributed by atoms with Crippen LogP contribution in [0.15, 0.2) is 0 Å². The van der Waals surface area contributed by atoms with Gasteiger partial charge in [0, 0.05) is 18.0 Å². The van der Waals surface area contributed by atoms with Crippen molar-refractivity contribution in [2.24, 2.45) is 5.92 Å². The van der Waals surface area contributed by atoms with Crippen molar-refractivity contribution >= 4 is 5.91 Å². The van der Waals surface area contributed by atoms with Crippen molar-refractivity contribution in [2.45, 2.75) is 70.4 Å². The minimum Gasteiger partial charge on any atom is -0.351 e. The summed E-state index contributed by atoms with van der Waals surface area (Å²) < 4.78 is 0. The van der Waals surface area contributed by atoms with E-state index in [0.717, 1.165) is 31.7 Å². The molecule has 2 N–H and O–H groups in total. The second-order valence-electron chi connectivity index (χ2n) is 6.29. The molecule has 2 aliphatic rings. The summed E-state index contributed by atoms with van der Waals surface area (Å²) >= 11 is 0. The summed E-state index contributed by atoms with van der Waals surface area (Å²) in [5, 5.41) is 6.65. The first-order valence-electron chi connectivity index (χ1n) is 7.12. The first-order valence-corrected chi connectivity index (χ1v) is 7.12. The third kappa shape index (κ3) is 3.70. The molecule has 3 heteroatoms. The lowest BCUT2D eigenvalue weighted by atomic mass is 9.78. The van der Waals surface area contributed by atoms with Gasteiger partial charge in [-0.3, -0.25) is 4.79 Å². The van der Waals surface area contributed by atoms with Crippen molar-refractivity contribution in [3.05, 3.63) is 0 Å². The second-order valence-corrected chi connectivity index (χ2v) is 6.29. The summed E-state index contributed by atoms with van der Waals surface area (Å²) in [6.07, 6.45) is 7.80. The molecule has 0 aromatic carbocycles. The van der Waals surface area contributed by atoms with Crippen LogP contribution in [0.4, 0.5) is 0 Å². The van der Waals surface area contributed by atoms with Crippen molar-refractivity contribution in [3.8, 4) is 0 Å². The van der Waals surface area contributed by atoms with E-state index in [2.05, 4.69) is 24.5 Å². The topological polar surface area (TPSA) is 41.1 Å². The fourth-order valence-corrected chi connectivity index (χ4v) is 3.07. The van der Waals surface area contributed by atoms with Crippen LogP contribution in [-0.4, -0.2) is 24.0 Å². The van der Waals surface area contributed by atoms with E-state index >= 15 is 0 Å². The normalized spacial score (nSPS) is 38.0.